The maximum atomic E-state index is 12.9. The molecule has 0 radical (unpaired) electrons. The van der Waals surface area contributed by atoms with Crippen LogP contribution in [-0.4, -0.2) is 22.6 Å². The Morgan fingerprint density at radius 3 is 2.61 bits per heavy atom. The molecule has 0 unspecified atom stereocenters. The molecular formula is C24H18ClF3N2O2S. The fourth-order valence-corrected chi connectivity index (χ4v) is 4.82. The monoisotopic (exact) mass is 490 g/mol. The van der Waals surface area contributed by atoms with Gasteiger partial charge >= 0.3 is 12.1 Å². The second-order valence-electron chi connectivity index (χ2n) is 7.33. The average Bonchev–Trinajstić information content (AvgIpc) is 3.03. The van der Waals surface area contributed by atoms with Crippen LogP contribution < -0.4 is 0 Å². The van der Waals surface area contributed by atoms with Crippen LogP contribution in [0.4, 0.5) is 13.2 Å². The molecule has 0 amide bonds. The Kier molecular flexibility index (Phi) is 6.41. The Bertz CT molecular complexity index is 1330. The third kappa shape index (κ3) is 4.86. The number of nitrogens with zero attached hydrogens (tertiary/aromatic N) is 2. The van der Waals surface area contributed by atoms with E-state index in [9.17, 15) is 18.0 Å². The molecule has 9 heteroatoms. The van der Waals surface area contributed by atoms with Gasteiger partial charge in [0.1, 0.15) is 5.69 Å². The largest absolute Gasteiger partial charge is 0.465 e. The molecule has 0 aliphatic carbocycles. The number of alkyl halides is 3. The van der Waals surface area contributed by atoms with Crippen LogP contribution in [0.1, 0.15) is 27.3 Å². The number of hydrogen-bond acceptors (Lipinski definition) is 4. The average molecular weight is 491 g/mol. The van der Waals surface area contributed by atoms with E-state index in [-0.39, 0.29) is 0 Å². The predicted octanol–water partition coefficient (Wildman–Crippen LogP) is 7.00. The van der Waals surface area contributed by atoms with Crippen molar-refractivity contribution < 1.29 is 22.7 Å². The summed E-state index contributed by atoms with van der Waals surface area (Å²) in [5.41, 5.74) is 1.92. The van der Waals surface area contributed by atoms with Gasteiger partial charge in [-0.05, 0) is 48.9 Å². The molecule has 0 saturated heterocycles. The highest BCUT2D eigenvalue weighted by molar-refractivity contribution is 7.99. The summed E-state index contributed by atoms with van der Waals surface area (Å²) < 4.78 is 45.4. The highest BCUT2D eigenvalue weighted by Crippen LogP contribution is 2.40. The Labute approximate surface area is 197 Å². The second-order valence-corrected chi connectivity index (χ2v) is 8.85. The van der Waals surface area contributed by atoms with Crippen molar-refractivity contribution >= 4 is 40.2 Å². The summed E-state index contributed by atoms with van der Waals surface area (Å²) in [4.78, 5) is 17.3. The van der Waals surface area contributed by atoms with Crippen LogP contribution in [0.15, 0.2) is 70.6 Å². The van der Waals surface area contributed by atoms with Crippen molar-refractivity contribution in [1.29, 1.82) is 0 Å². The van der Waals surface area contributed by atoms with Gasteiger partial charge in [-0.2, -0.15) is 13.2 Å². The van der Waals surface area contributed by atoms with Gasteiger partial charge in [0.2, 0.25) is 0 Å². The highest BCUT2D eigenvalue weighted by Gasteiger charge is 2.32. The predicted molar refractivity (Wildman–Crippen MR) is 122 cm³/mol. The van der Waals surface area contributed by atoms with Crippen molar-refractivity contribution in [2.24, 2.45) is 0 Å². The number of halogens is 4. The number of aromatic nitrogens is 2. The molecule has 0 bridgehead atoms. The van der Waals surface area contributed by atoms with Crippen LogP contribution >= 0.6 is 23.4 Å². The molecule has 2 heterocycles. The number of esters is 1. The Morgan fingerprint density at radius 2 is 1.94 bits per heavy atom. The van der Waals surface area contributed by atoms with Crippen LogP contribution in [0.3, 0.4) is 0 Å². The quantitative estimate of drug-likeness (QED) is 0.282. The van der Waals surface area contributed by atoms with Crippen molar-refractivity contribution in [2.45, 2.75) is 29.4 Å². The van der Waals surface area contributed by atoms with Crippen LogP contribution in [0, 0.1) is 6.92 Å². The zero-order chi connectivity index (χ0) is 23.8. The molecule has 4 aromatic rings. The second kappa shape index (κ2) is 9.11. The molecule has 0 spiro atoms. The van der Waals surface area contributed by atoms with Gasteiger partial charge in [-0.1, -0.05) is 41.6 Å². The normalized spacial score (nSPS) is 11.7. The molecule has 0 fully saturated rings. The zero-order valence-electron chi connectivity index (χ0n) is 17.6. The summed E-state index contributed by atoms with van der Waals surface area (Å²) in [6, 6.07) is 15.1. The van der Waals surface area contributed by atoms with Crippen molar-refractivity contribution in [2.75, 3.05) is 7.11 Å². The number of ether oxygens (including phenoxy) is 1. The van der Waals surface area contributed by atoms with Gasteiger partial charge in [0.25, 0.3) is 0 Å². The van der Waals surface area contributed by atoms with Gasteiger partial charge in [-0.25, -0.2) is 4.79 Å². The lowest BCUT2D eigenvalue weighted by Crippen LogP contribution is -2.09. The number of carbonyl (C=O) groups is 1. The van der Waals surface area contributed by atoms with Gasteiger partial charge < -0.3 is 9.30 Å². The first kappa shape index (κ1) is 23.2. The molecule has 0 aliphatic rings. The molecule has 0 aliphatic heterocycles. The maximum absolute atomic E-state index is 12.9. The molecule has 4 nitrogen and oxygen atoms in total. The van der Waals surface area contributed by atoms with Gasteiger partial charge in [-0.15, -0.1) is 0 Å². The van der Waals surface area contributed by atoms with E-state index < -0.39 is 17.8 Å². The molecule has 4 rings (SSSR count). The molecule has 0 saturated carbocycles. The lowest BCUT2D eigenvalue weighted by Gasteiger charge is -2.11. The third-order valence-corrected chi connectivity index (χ3v) is 6.60. The number of methoxy groups -OCH3 is 1. The molecule has 0 N–H and O–H groups in total. The standard InChI is InChI=1S/C24H18ClF3N2O2S/c1-14-22(33-18-5-3-4-16(10-18)23(31)32-2)19-8-7-17(25)11-20(19)30(14)13-15-6-9-21(29-12-15)24(26,27)28/h3-12H,13H2,1-2H3. The summed E-state index contributed by atoms with van der Waals surface area (Å²) in [5, 5.41) is 1.50. The minimum atomic E-state index is -4.48. The van der Waals surface area contributed by atoms with E-state index in [0.29, 0.717) is 22.7 Å². The van der Waals surface area contributed by atoms with Crippen LogP contribution in [0.5, 0.6) is 0 Å². The van der Waals surface area contributed by atoms with Crippen molar-refractivity contribution in [3.63, 3.8) is 0 Å². The topological polar surface area (TPSA) is 44.1 Å². The minimum Gasteiger partial charge on any atom is -0.465 e. The number of fused-ring (bicyclic) bond motifs is 1. The summed E-state index contributed by atoms with van der Waals surface area (Å²) in [7, 11) is 1.33. The van der Waals surface area contributed by atoms with Gasteiger partial charge in [-0.3, -0.25) is 4.98 Å². The van der Waals surface area contributed by atoms with E-state index in [4.69, 9.17) is 16.3 Å². The van der Waals surface area contributed by atoms with E-state index in [1.807, 2.05) is 29.7 Å². The third-order valence-electron chi connectivity index (χ3n) is 5.16. The van der Waals surface area contributed by atoms with Crippen LogP contribution in [0.25, 0.3) is 10.9 Å². The fraction of sp³-hybridized carbons (Fsp3) is 0.167. The number of rotatable bonds is 5. The lowest BCUT2D eigenvalue weighted by molar-refractivity contribution is -0.141. The Morgan fingerprint density at radius 1 is 1.15 bits per heavy atom. The zero-order valence-corrected chi connectivity index (χ0v) is 19.2. The first-order valence-electron chi connectivity index (χ1n) is 9.84. The van der Waals surface area contributed by atoms with Crippen molar-refractivity contribution in [3.8, 4) is 0 Å². The Balaban J connectivity index is 1.74. The summed E-state index contributed by atoms with van der Waals surface area (Å²) >= 11 is 7.74. The van der Waals surface area contributed by atoms with Crippen LogP contribution in [-0.2, 0) is 17.5 Å². The van der Waals surface area contributed by atoms with Gasteiger partial charge in [0, 0.05) is 38.6 Å². The molecular weight excluding hydrogens is 473 g/mol. The molecule has 33 heavy (non-hydrogen) atoms. The fourth-order valence-electron chi connectivity index (χ4n) is 3.54. The first-order valence-corrected chi connectivity index (χ1v) is 11.0. The first-order chi connectivity index (χ1) is 15.7. The molecule has 2 aromatic heterocycles. The number of benzene rings is 2. The molecule has 2 aromatic carbocycles. The Hall–Kier alpha value is -2.97. The van der Waals surface area contributed by atoms with Gasteiger partial charge in [0.15, 0.2) is 0 Å². The minimum absolute atomic E-state index is 0.330. The molecule has 0 atom stereocenters. The van der Waals surface area contributed by atoms with E-state index in [1.165, 1.54) is 31.1 Å². The molecule has 170 valence electrons. The van der Waals surface area contributed by atoms with E-state index >= 15 is 0 Å². The number of pyridine rings is 1. The number of carbonyl (C=O) groups excluding carboxylic acids is 1. The van der Waals surface area contributed by atoms with E-state index in [2.05, 4.69) is 4.98 Å². The maximum Gasteiger partial charge on any atom is 0.433 e. The van der Waals surface area contributed by atoms with E-state index in [0.717, 1.165) is 32.5 Å². The summed E-state index contributed by atoms with van der Waals surface area (Å²) in [6.45, 7) is 2.27. The summed E-state index contributed by atoms with van der Waals surface area (Å²) in [6.07, 6.45) is -3.24. The van der Waals surface area contributed by atoms with E-state index in [1.54, 1.807) is 24.3 Å². The highest BCUT2D eigenvalue weighted by atomic mass is 35.5. The van der Waals surface area contributed by atoms with Crippen molar-refractivity contribution in [3.05, 3.63) is 88.3 Å². The summed E-state index contributed by atoms with van der Waals surface area (Å²) in [5.74, 6) is -0.418. The van der Waals surface area contributed by atoms with Crippen LogP contribution in [0.2, 0.25) is 5.02 Å². The smallest absolute Gasteiger partial charge is 0.433 e. The SMILES string of the molecule is COC(=O)c1cccc(Sc2c(C)n(Cc3ccc(C(F)(F)F)nc3)c3cc(Cl)ccc23)c1. The lowest BCUT2D eigenvalue weighted by atomic mass is 10.2. The van der Waals surface area contributed by atoms with Crippen molar-refractivity contribution in [1.82, 2.24) is 9.55 Å². The van der Waals surface area contributed by atoms with Gasteiger partial charge in [0.05, 0.1) is 18.2 Å². The number of hydrogen-bond donors (Lipinski definition) is 0.